The molecule has 2 aliphatic carbocycles. The van der Waals surface area contributed by atoms with Gasteiger partial charge in [0.25, 0.3) is 5.91 Å². The number of aromatic nitrogens is 3. The van der Waals surface area contributed by atoms with Gasteiger partial charge in [0.15, 0.2) is 5.69 Å². The molecule has 3 aliphatic rings. The van der Waals surface area contributed by atoms with Crippen LogP contribution in [0.3, 0.4) is 0 Å². The van der Waals surface area contributed by atoms with E-state index in [4.69, 9.17) is 16.7 Å². The van der Waals surface area contributed by atoms with E-state index in [-0.39, 0.29) is 28.6 Å². The van der Waals surface area contributed by atoms with Gasteiger partial charge in [0.1, 0.15) is 17.3 Å². The number of carbonyl (C=O) groups excluding carboxylic acids is 2. The molecule has 3 N–H and O–H groups in total. The Bertz CT molecular complexity index is 1390. The van der Waals surface area contributed by atoms with Crippen LogP contribution in [-0.4, -0.2) is 73.9 Å². The highest BCUT2D eigenvalue weighted by molar-refractivity contribution is 6.32. The first-order chi connectivity index (χ1) is 18.8. The fraction of sp³-hybridized carbons (Fsp3) is 0.500. The molecular weight excluding hydrogens is 559 g/mol. The van der Waals surface area contributed by atoms with E-state index in [0.29, 0.717) is 44.3 Å². The number of alkyl halides is 3. The number of ether oxygens (including phenoxy) is 1. The second-order valence-electron chi connectivity index (χ2n) is 10.5. The molecule has 1 saturated heterocycles. The molecule has 3 fully saturated rings. The number of carbonyl (C=O) groups is 3. The fourth-order valence-electron chi connectivity index (χ4n) is 5.08. The number of nitrogens with zero attached hydrogens (tertiary/aromatic N) is 5. The van der Waals surface area contributed by atoms with Gasteiger partial charge in [-0.05, 0) is 43.4 Å². The molecule has 2 aromatic rings. The lowest BCUT2D eigenvalue weighted by Gasteiger charge is -2.57. The molecule has 40 heavy (non-hydrogen) atoms. The molecule has 2 heterocycles. The van der Waals surface area contributed by atoms with Gasteiger partial charge in [-0.15, -0.1) is 18.3 Å². The first kappa shape index (κ1) is 27.5. The molecule has 3 amide bonds. The quantitative estimate of drug-likeness (QED) is 0.428. The van der Waals surface area contributed by atoms with Crippen LogP contribution in [0, 0.1) is 16.7 Å². The Morgan fingerprint density at radius 2 is 1.98 bits per heavy atom. The molecule has 5 rings (SSSR count). The minimum absolute atomic E-state index is 0.0621. The number of halogens is 4. The van der Waals surface area contributed by atoms with Crippen LogP contribution >= 0.6 is 11.6 Å². The highest BCUT2D eigenvalue weighted by Gasteiger charge is 2.55. The summed E-state index contributed by atoms with van der Waals surface area (Å²) in [5.41, 5.74) is -0.846. The number of nitriles is 1. The number of hydrogen-bond acceptors (Lipinski definition) is 7. The number of rotatable bonds is 8. The van der Waals surface area contributed by atoms with Crippen molar-refractivity contribution in [3.05, 3.63) is 40.7 Å². The van der Waals surface area contributed by atoms with Crippen molar-refractivity contribution < 1.29 is 37.4 Å². The Morgan fingerprint density at radius 1 is 1.27 bits per heavy atom. The summed E-state index contributed by atoms with van der Waals surface area (Å²) in [6, 6.07) is 4.21. The third-order valence-corrected chi connectivity index (χ3v) is 7.63. The normalized spacial score (nSPS) is 19.5. The average molecular weight is 582 g/mol. The maximum atomic E-state index is 13.1. The maximum Gasteiger partial charge on any atom is 0.573 e. The Kier molecular flexibility index (Phi) is 6.77. The minimum atomic E-state index is -4.94. The van der Waals surface area contributed by atoms with Crippen molar-refractivity contribution in [2.24, 2.45) is 5.41 Å². The summed E-state index contributed by atoms with van der Waals surface area (Å²) in [4.78, 5) is 39.8. The van der Waals surface area contributed by atoms with E-state index in [2.05, 4.69) is 25.6 Å². The van der Waals surface area contributed by atoms with Crippen LogP contribution < -0.4 is 15.4 Å². The van der Waals surface area contributed by atoms with Crippen molar-refractivity contribution in [3.8, 4) is 11.8 Å². The van der Waals surface area contributed by atoms with Gasteiger partial charge in [0.05, 0.1) is 23.3 Å². The molecule has 12 nitrogen and oxygen atoms in total. The van der Waals surface area contributed by atoms with Crippen molar-refractivity contribution in [3.63, 3.8) is 0 Å². The minimum Gasteiger partial charge on any atom is -0.465 e. The lowest BCUT2D eigenvalue weighted by atomic mass is 9.61. The number of benzene rings is 1. The van der Waals surface area contributed by atoms with E-state index >= 15 is 0 Å². The molecule has 16 heteroatoms. The average Bonchev–Trinajstić information content (AvgIpc) is 3.42. The lowest BCUT2D eigenvalue weighted by Crippen LogP contribution is -2.63. The van der Waals surface area contributed by atoms with Crippen LogP contribution in [0.15, 0.2) is 24.4 Å². The summed E-state index contributed by atoms with van der Waals surface area (Å²) in [5, 5.41) is 31.6. The number of hydrogen-bond donors (Lipinski definition) is 3. The molecule has 1 aromatic heterocycles. The number of amides is 3. The van der Waals surface area contributed by atoms with Crippen molar-refractivity contribution in [2.75, 3.05) is 13.1 Å². The first-order valence-electron chi connectivity index (χ1n) is 12.3. The second-order valence-corrected chi connectivity index (χ2v) is 10.9. The van der Waals surface area contributed by atoms with Crippen LogP contribution in [0.25, 0.3) is 0 Å². The summed E-state index contributed by atoms with van der Waals surface area (Å²) < 4.78 is 41.6. The van der Waals surface area contributed by atoms with Crippen LogP contribution in [0.5, 0.6) is 5.75 Å². The zero-order valence-corrected chi connectivity index (χ0v) is 21.5. The van der Waals surface area contributed by atoms with Crippen LogP contribution in [-0.2, 0) is 11.2 Å². The molecule has 0 radical (unpaired) electrons. The van der Waals surface area contributed by atoms with E-state index in [1.807, 2.05) is 6.07 Å². The Hall–Kier alpha value is -4.06. The van der Waals surface area contributed by atoms with E-state index in [0.717, 1.165) is 6.07 Å². The maximum absolute atomic E-state index is 13.1. The van der Waals surface area contributed by atoms with E-state index in [1.165, 1.54) is 28.0 Å². The highest BCUT2D eigenvalue weighted by atomic mass is 35.5. The second kappa shape index (κ2) is 9.84. The van der Waals surface area contributed by atoms with Gasteiger partial charge in [-0.1, -0.05) is 17.7 Å². The number of likely N-dealkylation sites (tertiary alicyclic amines) is 1. The zero-order valence-electron chi connectivity index (χ0n) is 20.7. The van der Waals surface area contributed by atoms with Gasteiger partial charge in [0.2, 0.25) is 5.91 Å². The molecule has 1 unspecified atom stereocenters. The van der Waals surface area contributed by atoms with Crippen LogP contribution in [0.1, 0.15) is 47.8 Å². The Labute approximate surface area is 230 Å². The van der Waals surface area contributed by atoms with E-state index < -0.39 is 41.6 Å². The summed E-state index contributed by atoms with van der Waals surface area (Å²) in [6.45, 7) is 0.892. The Morgan fingerprint density at radius 3 is 2.55 bits per heavy atom. The van der Waals surface area contributed by atoms with E-state index in [9.17, 15) is 32.8 Å². The van der Waals surface area contributed by atoms with Gasteiger partial charge in [0, 0.05) is 24.9 Å². The van der Waals surface area contributed by atoms with E-state index in [1.54, 1.807) is 0 Å². The molecular formula is C24H23ClF3N7O5. The van der Waals surface area contributed by atoms with Crippen molar-refractivity contribution in [1.29, 1.82) is 5.26 Å². The van der Waals surface area contributed by atoms with Crippen molar-refractivity contribution in [1.82, 2.24) is 30.5 Å². The molecule has 1 aliphatic heterocycles. The third kappa shape index (κ3) is 5.76. The lowest BCUT2D eigenvalue weighted by molar-refractivity contribution is -0.274. The summed E-state index contributed by atoms with van der Waals surface area (Å²) in [6.07, 6.45) is -2.56. The monoisotopic (exact) mass is 581 g/mol. The summed E-state index contributed by atoms with van der Waals surface area (Å²) in [7, 11) is 0. The van der Waals surface area contributed by atoms with Gasteiger partial charge in [-0.3, -0.25) is 9.59 Å². The summed E-state index contributed by atoms with van der Waals surface area (Å²) >= 11 is 5.94. The van der Waals surface area contributed by atoms with Crippen LogP contribution in [0.4, 0.5) is 18.0 Å². The molecule has 1 aromatic carbocycles. The van der Waals surface area contributed by atoms with Crippen LogP contribution in [0.2, 0.25) is 5.02 Å². The zero-order chi connectivity index (χ0) is 28.9. The largest absolute Gasteiger partial charge is 0.573 e. The SMILES string of the molecule is N#CC1(NC(=O)C(Cc2ccc(OC(F)(F)F)c(Cl)c2)NC(=O)c2cnn(C3CC4(C3)CN(C(=O)O)C4)n2)CC1. The number of carboxylic acid groups (broad SMARTS) is 1. The van der Waals surface area contributed by atoms with Gasteiger partial charge in [-0.2, -0.15) is 15.2 Å². The smallest absolute Gasteiger partial charge is 0.465 e. The first-order valence-corrected chi connectivity index (χ1v) is 12.7. The third-order valence-electron chi connectivity index (χ3n) is 7.34. The van der Waals surface area contributed by atoms with Gasteiger partial charge in [-0.25, -0.2) is 4.79 Å². The van der Waals surface area contributed by atoms with Gasteiger partial charge >= 0.3 is 12.5 Å². The predicted octanol–water partition coefficient (Wildman–Crippen LogP) is 2.66. The fourth-order valence-corrected chi connectivity index (χ4v) is 5.33. The van der Waals surface area contributed by atoms with Crippen molar-refractivity contribution >= 4 is 29.5 Å². The van der Waals surface area contributed by atoms with Crippen molar-refractivity contribution in [2.45, 2.75) is 56.1 Å². The molecule has 0 bridgehead atoms. The molecule has 1 atom stereocenters. The highest BCUT2D eigenvalue weighted by Crippen LogP contribution is 2.53. The molecule has 1 spiro atoms. The topological polar surface area (TPSA) is 162 Å². The predicted molar refractivity (Wildman–Crippen MR) is 129 cm³/mol. The molecule has 2 saturated carbocycles. The Balaban J connectivity index is 1.25. The summed E-state index contributed by atoms with van der Waals surface area (Å²) in [5.74, 6) is -1.98. The molecule has 212 valence electrons. The standard InChI is InChI=1S/C24H23ClF3N7O5/c25-15-5-13(1-2-18(15)40-24(26,27)28)6-16(20(37)32-23(10-29)3-4-23)31-19(36)17-9-30-35(33-17)14-7-22(8-14)11-34(12-22)21(38)39/h1-2,5,9,14,16H,3-4,6-8,11-12H2,(H,31,36)(H,32,37)(H,38,39). The number of nitrogens with one attached hydrogen (secondary N) is 2. The van der Waals surface area contributed by atoms with Gasteiger partial charge < -0.3 is 25.4 Å².